The Balaban J connectivity index is 2.47. The van der Waals surface area contributed by atoms with E-state index in [0.717, 1.165) is 6.54 Å². The maximum absolute atomic E-state index is 5.72. The van der Waals surface area contributed by atoms with Gasteiger partial charge in [0.2, 0.25) is 0 Å². The van der Waals surface area contributed by atoms with Crippen molar-refractivity contribution in [1.29, 1.82) is 0 Å². The van der Waals surface area contributed by atoms with Gasteiger partial charge in [0.05, 0.1) is 0 Å². The van der Waals surface area contributed by atoms with Gasteiger partial charge in [0, 0.05) is 4.47 Å². The highest BCUT2D eigenvalue weighted by Crippen LogP contribution is 2.35. The molecule has 0 bridgehead atoms. The van der Waals surface area contributed by atoms with Gasteiger partial charge in [-0.2, -0.15) is 0 Å². The first kappa shape index (κ1) is 9.22. The Hall–Kier alpha value is -0.340. The van der Waals surface area contributed by atoms with Gasteiger partial charge >= 0.3 is 0 Å². The predicted molar refractivity (Wildman–Crippen MR) is 59.0 cm³/mol. The lowest BCUT2D eigenvalue weighted by atomic mass is 10.0. The molecule has 2 rings (SSSR count). The van der Waals surface area contributed by atoms with Gasteiger partial charge in [0.1, 0.15) is 0 Å². The number of benzene rings is 1. The predicted octanol–water partition coefficient (Wildman–Crippen LogP) is 2.75. The van der Waals surface area contributed by atoms with Crippen LogP contribution in [0.5, 0.6) is 0 Å². The van der Waals surface area contributed by atoms with Crippen LogP contribution in [0.15, 0.2) is 16.6 Å². The van der Waals surface area contributed by atoms with Gasteiger partial charge in [0.25, 0.3) is 0 Å². The maximum atomic E-state index is 5.72. The zero-order valence-electron chi connectivity index (χ0n) is 7.81. The highest BCUT2D eigenvalue weighted by atomic mass is 79.9. The van der Waals surface area contributed by atoms with Gasteiger partial charge in [-0.15, -0.1) is 0 Å². The second-order valence-electron chi connectivity index (χ2n) is 3.77. The Labute approximate surface area is 87.5 Å². The van der Waals surface area contributed by atoms with Crippen LogP contribution < -0.4 is 5.73 Å². The smallest absolute Gasteiger partial charge is 0.0207 e. The molecule has 2 N–H and O–H groups in total. The van der Waals surface area contributed by atoms with Crippen molar-refractivity contribution in [3.63, 3.8) is 0 Å². The molecule has 0 aliphatic heterocycles. The van der Waals surface area contributed by atoms with E-state index >= 15 is 0 Å². The molecule has 1 aromatic carbocycles. The first-order valence-electron chi connectivity index (χ1n) is 4.71. The third kappa shape index (κ3) is 1.53. The van der Waals surface area contributed by atoms with Crippen LogP contribution in [-0.2, 0) is 6.42 Å². The van der Waals surface area contributed by atoms with Gasteiger partial charge < -0.3 is 5.73 Å². The fourth-order valence-electron chi connectivity index (χ4n) is 2.08. The Kier molecular flexibility index (Phi) is 2.43. The molecule has 70 valence electrons. The van der Waals surface area contributed by atoms with E-state index in [9.17, 15) is 0 Å². The van der Waals surface area contributed by atoms with Gasteiger partial charge in [-0.05, 0) is 55.0 Å². The number of rotatable bonds is 1. The molecule has 0 saturated carbocycles. The first-order valence-corrected chi connectivity index (χ1v) is 5.50. The van der Waals surface area contributed by atoms with E-state index in [-0.39, 0.29) is 0 Å². The highest BCUT2D eigenvalue weighted by Gasteiger charge is 2.21. The van der Waals surface area contributed by atoms with E-state index in [1.54, 1.807) is 0 Å². The molecule has 0 fully saturated rings. The second-order valence-corrected chi connectivity index (χ2v) is 4.63. The molecule has 1 atom stereocenters. The van der Waals surface area contributed by atoms with Crippen molar-refractivity contribution in [3.8, 4) is 0 Å². The standard InChI is InChI=1S/C11H14BrN/c1-7-4-8-2-3-9(6-13)10(8)5-11(7)12/h4-5,9H,2-3,6,13H2,1H3. The zero-order chi connectivity index (χ0) is 9.42. The monoisotopic (exact) mass is 239 g/mol. The summed E-state index contributed by atoms with van der Waals surface area (Å²) in [6, 6.07) is 4.53. The molecule has 0 radical (unpaired) electrons. The van der Waals surface area contributed by atoms with Gasteiger partial charge in [-0.3, -0.25) is 0 Å². The van der Waals surface area contributed by atoms with Crippen LogP contribution in [0.4, 0.5) is 0 Å². The van der Waals surface area contributed by atoms with E-state index in [1.807, 2.05) is 0 Å². The lowest BCUT2D eigenvalue weighted by molar-refractivity contribution is 0.688. The third-order valence-electron chi connectivity index (χ3n) is 2.91. The summed E-state index contributed by atoms with van der Waals surface area (Å²) in [5.74, 6) is 0.590. The van der Waals surface area contributed by atoms with Crippen molar-refractivity contribution < 1.29 is 0 Å². The molecule has 2 heteroatoms. The van der Waals surface area contributed by atoms with Crippen molar-refractivity contribution >= 4 is 15.9 Å². The van der Waals surface area contributed by atoms with Gasteiger partial charge in [0.15, 0.2) is 0 Å². The number of hydrogen-bond acceptors (Lipinski definition) is 1. The Morgan fingerprint density at radius 3 is 3.00 bits per heavy atom. The molecule has 1 aliphatic rings. The normalized spacial score (nSPS) is 20.4. The molecule has 0 spiro atoms. The van der Waals surface area contributed by atoms with Gasteiger partial charge in [-0.1, -0.05) is 22.0 Å². The molecule has 0 aromatic heterocycles. The number of aryl methyl sites for hydroxylation is 2. The van der Waals surface area contributed by atoms with E-state index in [0.29, 0.717) is 5.92 Å². The van der Waals surface area contributed by atoms with Crippen LogP contribution in [0.1, 0.15) is 29.0 Å². The minimum Gasteiger partial charge on any atom is -0.330 e. The molecular formula is C11H14BrN. The zero-order valence-corrected chi connectivity index (χ0v) is 9.39. The number of nitrogens with two attached hydrogens (primary N) is 1. The van der Waals surface area contributed by atoms with Crippen LogP contribution in [0, 0.1) is 6.92 Å². The van der Waals surface area contributed by atoms with Crippen molar-refractivity contribution in [3.05, 3.63) is 33.3 Å². The number of hydrogen-bond donors (Lipinski definition) is 1. The fraction of sp³-hybridized carbons (Fsp3) is 0.455. The van der Waals surface area contributed by atoms with E-state index < -0.39 is 0 Å². The third-order valence-corrected chi connectivity index (χ3v) is 3.76. The highest BCUT2D eigenvalue weighted by molar-refractivity contribution is 9.10. The SMILES string of the molecule is Cc1cc2c(cc1Br)C(CN)CC2. The summed E-state index contributed by atoms with van der Waals surface area (Å²) in [6.45, 7) is 2.92. The Morgan fingerprint density at radius 2 is 2.31 bits per heavy atom. The Morgan fingerprint density at radius 1 is 1.54 bits per heavy atom. The maximum Gasteiger partial charge on any atom is 0.0207 e. The summed E-state index contributed by atoms with van der Waals surface area (Å²) in [7, 11) is 0. The molecule has 1 unspecified atom stereocenters. The van der Waals surface area contributed by atoms with E-state index in [1.165, 1.54) is 34.0 Å². The van der Waals surface area contributed by atoms with E-state index in [2.05, 4.69) is 35.0 Å². The molecule has 0 amide bonds. The number of fused-ring (bicyclic) bond motifs is 1. The number of halogens is 1. The average molecular weight is 240 g/mol. The molecule has 1 aromatic rings. The minimum atomic E-state index is 0.590. The molecular weight excluding hydrogens is 226 g/mol. The fourth-order valence-corrected chi connectivity index (χ4v) is 2.44. The lowest BCUT2D eigenvalue weighted by Gasteiger charge is -2.09. The van der Waals surface area contributed by atoms with Crippen LogP contribution in [0.3, 0.4) is 0 Å². The van der Waals surface area contributed by atoms with Crippen LogP contribution in [0.2, 0.25) is 0 Å². The topological polar surface area (TPSA) is 26.0 Å². The summed E-state index contributed by atoms with van der Waals surface area (Å²) in [4.78, 5) is 0. The summed E-state index contributed by atoms with van der Waals surface area (Å²) >= 11 is 3.56. The molecule has 0 saturated heterocycles. The Bertz CT molecular complexity index is 333. The lowest BCUT2D eigenvalue weighted by Crippen LogP contribution is -2.09. The second kappa shape index (κ2) is 3.43. The minimum absolute atomic E-state index is 0.590. The summed E-state index contributed by atoms with van der Waals surface area (Å²) in [6.07, 6.45) is 2.42. The van der Waals surface area contributed by atoms with Crippen molar-refractivity contribution in [1.82, 2.24) is 0 Å². The summed E-state index contributed by atoms with van der Waals surface area (Å²) in [5, 5.41) is 0. The molecule has 13 heavy (non-hydrogen) atoms. The van der Waals surface area contributed by atoms with Crippen LogP contribution in [-0.4, -0.2) is 6.54 Å². The molecule has 1 aliphatic carbocycles. The van der Waals surface area contributed by atoms with Crippen LogP contribution >= 0.6 is 15.9 Å². The largest absolute Gasteiger partial charge is 0.330 e. The van der Waals surface area contributed by atoms with Crippen molar-refractivity contribution in [2.45, 2.75) is 25.7 Å². The van der Waals surface area contributed by atoms with Crippen molar-refractivity contribution in [2.75, 3.05) is 6.54 Å². The van der Waals surface area contributed by atoms with Gasteiger partial charge in [-0.25, -0.2) is 0 Å². The summed E-state index contributed by atoms with van der Waals surface area (Å²) < 4.78 is 1.21. The first-order chi connectivity index (χ1) is 6.22. The average Bonchev–Trinajstić information content (AvgIpc) is 2.48. The van der Waals surface area contributed by atoms with Crippen LogP contribution in [0.25, 0.3) is 0 Å². The molecule has 0 heterocycles. The quantitative estimate of drug-likeness (QED) is 0.802. The molecule has 1 nitrogen and oxygen atoms in total. The van der Waals surface area contributed by atoms with Crippen molar-refractivity contribution in [2.24, 2.45) is 5.73 Å². The van der Waals surface area contributed by atoms with E-state index in [4.69, 9.17) is 5.73 Å². The summed E-state index contributed by atoms with van der Waals surface area (Å²) in [5.41, 5.74) is 10.0.